The van der Waals surface area contributed by atoms with Gasteiger partial charge in [0.15, 0.2) is 0 Å². The van der Waals surface area contributed by atoms with Gasteiger partial charge in [0, 0.05) is 18.4 Å². The van der Waals surface area contributed by atoms with Gasteiger partial charge in [0.1, 0.15) is 23.7 Å². The van der Waals surface area contributed by atoms with Crippen molar-refractivity contribution in [2.75, 3.05) is 0 Å². The molecule has 1 N–H and O–H groups in total. The Bertz CT molecular complexity index is 835. The Balaban J connectivity index is 1.68. The lowest BCUT2D eigenvalue weighted by Gasteiger charge is -2.26. The minimum absolute atomic E-state index is 0.0823. The minimum atomic E-state index is -0.746. The molecule has 0 fully saturated rings. The van der Waals surface area contributed by atoms with Crippen molar-refractivity contribution in [1.29, 1.82) is 0 Å². The van der Waals surface area contributed by atoms with Crippen molar-refractivity contribution in [2.45, 2.75) is 77.9 Å². The van der Waals surface area contributed by atoms with E-state index < -0.39 is 5.97 Å². The molecular formula is C25H32O4. The number of carbonyl (C=O) groups is 1. The molecule has 29 heavy (non-hydrogen) atoms. The summed E-state index contributed by atoms with van der Waals surface area (Å²) in [5, 5.41) is 8.75. The average molecular weight is 397 g/mol. The van der Waals surface area contributed by atoms with Gasteiger partial charge < -0.3 is 14.6 Å². The zero-order chi connectivity index (χ0) is 20.9. The number of hydrogen-bond donors (Lipinski definition) is 1. The fourth-order valence-corrected chi connectivity index (χ4v) is 4.00. The molecule has 2 aromatic carbocycles. The van der Waals surface area contributed by atoms with Crippen LogP contribution in [0.15, 0.2) is 36.4 Å². The second kappa shape index (κ2) is 9.34. The summed E-state index contributed by atoms with van der Waals surface area (Å²) >= 11 is 0. The zero-order valence-electron chi connectivity index (χ0n) is 17.8. The van der Waals surface area contributed by atoms with Gasteiger partial charge in [0.05, 0.1) is 0 Å². The quantitative estimate of drug-likeness (QED) is 0.557. The lowest BCUT2D eigenvalue weighted by Crippen LogP contribution is -2.32. The van der Waals surface area contributed by atoms with E-state index in [0.717, 1.165) is 54.7 Å². The van der Waals surface area contributed by atoms with E-state index in [0.29, 0.717) is 13.0 Å². The molecule has 0 saturated carbocycles. The summed E-state index contributed by atoms with van der Waals surface area (Å²) in [5.41, 5.74) is 4.80. The molecule has 4 heteroatoms. The maximum absolute atomic E-state index is 10.6. The number of rotatable bonds is 10. The van der Waals surface area contributed by atoms with Crippen molar-refractivity contribution in [3.8, 4) is 11.5 Å². The molecule has 0 amide bonds. The van der Waals surface area contributed by atoms with Crippen LogP contribution in [-0.2, 0) is 30.7 Å². The monoisotopic (exact) mass is 396 g/mol. The molecular weight excluding hydrogens is 364 g/mol. The van der Waals surface area contributed by atoms with Crippen LogP contribution in [0.1, 0.15) is 68.7 Å². The van der Waals surface area contributed by atoms with Crippen LogP contribution < -0.4 is 9.47 Å². The van der Waals surface area contributed by atoms with Gasteiger partial charge in [-0.25, -0.2) is 0 Å². The van der Waals surface area contributed by atoms with Gasteiger partial charge in [-0.05, 0) is 67.0 Å². The molecule has 2 aromatic rings. The van der Waals surface area contributed by atoms with Crippen LogP contribution in [0, 0.1) is 0 Å². The molecule has 0 bridgehead atoms. The molecule has 0 aromatic heterocycles. The van der Waals surface area contributed by atoms with E-state index >= 15 is 0 Å². The summed E-state index contributed by atoms with van der Waals surface area (Å²) in [4.78, 5) is 10.6. The Kier molecular flexibility index (Phi) is 6.83. The van der Waals surface area contributed by atoms with Crippen LogP contribution in [0.5, 0.6) is 11.5 Å². The molecule has 0 saturated heterocycles. The predicted molar refractivity (Wildman–Crippen MR) is 115 cm³/mol. The SMILES string of the molecule is CCc1cc(COc2ccc(CCCC(=O)O)cc2)c2c(c1)CC(CC)(CC)O2. The van der Waals surface area contributed by atoms with E-state index in [1.54, 1.807) is 0 Å². The highest BCUT2D eigenvalue weighted by molar-refractivity contribution is 5.66. The predicted octanol–water partition coefficient (Wildman–Crippen LogP) is 5.73. The van der Waals surface area contributed by atoms with Crippen LogP contribution in [0.3, 0.4) is 0 Å². The van der Waals surface area contributed by atoms with E-state index in [-0.39, 0.29) is 12.0 Å². The first kappa shape index (κ1) is 21.2. The Labute approximate surface area is 173 Å². The van der Waals surface area contributed by atoms with E-state index in [1.165, 1.54) is 11.1 Å². The standard InChI is InChI=1S/C25H32O4/c1-4-18-14-20-16-25(5-2,6-3)29-24(20)21(15-18)17-28-22-12-10-19(11-13-22)8-7-9-23(26)27/h10-15H,4-9,16-17H2,1-3H3,(H,26,27). The maximum atomic E-state index is 10.6. The molecule has 0 aliphatic carbocycles. The third-order valence-electron chi connectivity index (χ3n) is 6.00. The Hall–Kier alpha value is -2.49. The van der Waals surface area contributed by atoms with Crippen molar-refractivity contribution in [2.24, 2.45) is 0 Å². The van der Waals surface area contributed by atoms with Crippen molar-refractivity contribution >= 4 is 5.97 Å². The molecule has 3 rings (SSSR count). The third kappa shape index (κ3) is 5.11. The molecule has 4 nitrogen and oxygen atoms in total. The molecule has 1 aliphatic heterocycles. The van der Waals surface area contributed by atoms with E-state index in [9.17, 15) is 4.79 Å². The van der Waals surface area contributed by atoms with Crippen LogP contribution in [-0.4, -0.2) is 16.7 Å². The van der Waals surface area contributed by atoms with E-state index in [1.807, 2.05) is 24.3 Å². The zero-order valence-corrected chi connectivity index (χ0v) is 17.8. The summed E-state index contributed by atoms with van der Waals surface area (Å²) in [7, 11) is 0. The molecule has 156 valence electrons. The first-order valence-corrected chi connectivity index (χ1v) is 10.8. The van der Waals surface area contributed by atoms with E-state index in [4.69, 9.17) is 14.6 Å². The highest BCUT2D eigenvalue weighted by Crippen LogP contribution is 2.42. The normalized spacial score (nSPS) is 14.3. The van der Waals surface area contributed by atoms with Crippen LogP contribution in [0.2, 0.25) is 0 Å². The fraction of sp³-hybridized carbons (Fsp3) is 0.480. The van der Waals surface area contributed by atoms with Crippen molar-refractivity contribution in [1.82, 2.24) is 0 Å². The van der Waals surface area contributed by atoms with Gasteiger partial charge in [-0.2, -0.15) is 0 Å². The Morgan fingerprint density at radius 3 is 2.45 bits per heavy atom. The van der Waals surface area contributed by atoms with Crippen LogP contribution in [0.25, 0.3) is 0 Å². The molecule has 0 atom stereocenters. The molecule has 1 heterocycles. The molecule has 0 unspecified atom stereocenters. The summed E-state index contributed by atoms with van der Waals surface area (Å²) in [6.07, 6.45) is 5.60. The second-order valence-corrected chi connectivity index (χ2v) is 7.95. The number of aliphatic carboxylic acids is 1. The van der Waals surface area contributed by atoms with Crippen molar-refractivity contribution < 1.29 is 19.4 Å². The minimum Gasteiger partial charge on any atom is -0.489 e. The first-order chi connectivity index (χ1) is 14.0. The third-order valence-corrected chi connectivity index (χ3v) is 6.00. The van der Waals surface area contributed by atoms with Gasteiger partial charge in [-0.3, -0.25) is 4.79 Å². The number of ether oxygens (including phenoxy) is 2. The summed E-state index contributed by atoms with van der Waals surface area (Å²) < 4.78 is 12.5. The van der Waals surface area contributed by atoms with Gasteiger partial charge in [-0.15, -0.1) is 0 Å². The molecule has 0 radical (unpaired) electrons. The maximum Gasteiger partial charge on any atom is 0.303 e. The van der Waals surface area contributed by atoms with Crippen molar-refractivity contribution in [3.63, 3.8) is 0 Å². The number of carboxylic acid groups (broad SMARTS) is 1. The summed E-state index contributed by atoms with van der Waals surface area (Å²) in [6.45, 7) is 7.06. The van der Waals surface area contributed by atoms with Crippen molar-refractivity contribution in [3.05, 3.63) is 58.7 Å². The Morgan fingerprint density at radius 2 is 1.83 bits per heavy atom. The van der Waals surface area contributed by atoms with Gasteiger partial charge in [0.2, 0.25) is 0 Å². The van der Waals surface area contributed by atoms with Crippen LogP contribution >= 0.6 is 0 Å². The molecule has 1 aliphatic rings. The number of fused-ring (bicyclic) bond motifs is 1. The summed E-state index contributed by atoms with van der Waals surface area (Å²) in [5.74, 6) is 1.08. The second-order valence-electron chi connectivity index (χ2n) is 7.95. The summed E-state index contributed by atoms with van der Waals surface area (Å²) in [6, 6.07) is 12.4. The highest BCUT2D eigenvalue weighted by Gasteiger charge is 2.37. The number of hydrogen-bond acceptors (Lipinski definition) is 3. The number of aryl methyl sites for hydroxylation is 2. The lowest BCUT2D eigenvalue weighted by atomic mass is 9.90. The fourth-order valence-electron chi connectivity index (χ4n) is 4.00. The van der Waals surface area contributed by atoms with E-state index in [2.05, 4.69) is 32.9 Å². The highest BCUT2D eigenvalue weighted by atomic mass is 16.5. The van der Waals surface area contributed by atoms with Gasteiger partial charge in [0.25, 0.3) is 0 Å². The lowest BCUT2D eigenvalue weighted by molar-refractivity contribution is -0.137. The van der Waals surface area contributed by atoms with Gasteiger partial charge >= 0.3 is 5.97 Å². The first-order valence-electron chi connectivity index (χ1n) is 10.8. The molecule has 0 spiro atoms. The Morgan fingerprint density at radius 1 is 1.10 bits per heavy atom. The average Bonchev–Trinajstić information content (AvgIpc) is 3.12. The van der Waals surface area contributed by atoms with Gasteiger partial charge in [-0.1, -0.05) is 39.0 Å². The largest absolute Gasteiger partial charge is 0.489 e. The van der Waals surface area contributed by atoms with Crippen LogP contribution in [0.4, 0.5) is 0 Å². The topological polar surface area (TPSA) is 55.8 Å². The smallest absolute Gasteiger partial charge is 0.303 e. The number of carboxylic acids is 1. The number of benzene rings is 2.